The maximum atomic E-state index is 13.6. The summed E-state index contributed by atoms with van der Waals surface area (Å²) in [4.78, 5) is 4.50. The van der Waals surface area contributed by atoms with Gasteiger partial charge in [0.15, 0.2) is 5.65 Å². The zero-order chi connectivity index (χ0) is 12.7. The highest BCUT2D eigenvalue weighted by atomic mass is 79.9. The lowest BCUT2D eigenvalue weighted by Crippen LogP contribution is -1.84. The van der Waals surface area contributed by atoms with Crippen molar-refractivity contribution in [1.82, 2.24) is 9.38 Å². The number of fused-ring (bicyclic) bond motifs is 1. The van der Waals surface area contributed by atoms with Gasteiger partial charge in [-0.2, -0.15) is 0 Å². The van der Waals surface area contributed by atoms with Gasteiger partial charge < -0.3 is 4.40 Å². The lowest BCUT2D eigenvalue weighted by Gasteiger charge is -1.99. The summed E-state index contributed by atoms with van der Waals surface area (Å²) in [5.74, 6) is -0.205. The quantitative estimate of drug-likeness (QED) is 0.658. The third kappa shape index (κ3) is 1.82. The molecule has 0 radical (unpaired) electrons. The Hall–Kier alpha value is -1.68. The molecule has 1 aromatic carbocycles. The number of aryl methyl sites for hydroxylation is 1. The molecule has 0 fully saturated rings. The third-order valence-corrected chi connectivity index (χ3v) is 3.52. The molecule has 2 heterocycles. The van der Waals surface area contributed by atoms with Crippen molar-refractivity contribution in [3.8, 4) is 11.3 Å². The van der Waals surface area contributed by atoms with Gasteiger partial charge in [0.25, 0.3) is 0 Å². The second-order valence-corrected chi connectivity index (χ2v) is 5.03. The molecule has 90 valence electrons. The normalized spacial score (nSPS) is 11.1. The molecule has 0 aliphatic rings. The molecule has 0 aliphatic carbocycles. The van der Waals surface area contributed by atoms with Gasteiger partial charge in [-0.25, -0.2) is 9.37 Å². The second-order valence-electron chi connectivity index (χ2n) is 4.18. The van der Waals surface area contributed by atoms with Crippen LogP contribution in [0, 0.1) is 12.7 Å². The molecule has 18 heavy (non-hydrogen) atoms. The minimum absolute atomic E-state index is 0.205. The summed E-state index contributed by atoms with van der Waals surface area (Å²) in [6.07, 6.45) is 3.81. The van der Waals surface area contributed by atoms with Gasteiger partial charge in [-0.15, -0.1) is 0 Å². The number of rotatable bonds is 1. The van der Waals surface area contributed by atoms with Crippen LogP contribution in [-0.4, -0.2) is 9.38 Å². The van der Waals surface area contributed by atoms with Gasteiger partial charge in [-0.3, -0.25) is 0 Å². The van der Waals surface area contributed by atoms with Crippen molar-refractivity contribution in [3.63, 3.8) is 0 Å². The molecule has 4 heteroatoms. The monoisotopic (exact) mass is 304 g/mol. The molecule has 0 aliphatic heterocycles. The van der Waals surface area contributed by atoms with Crippen LogP contribution in [0.2, 0.25) is 0 Å². The van der Waals surface area contributed by atoms with Crippen LogP contribution in [0.25, 0.3) is 16.9 Å². The van der Waals surface area contributed by atoms with Crippen LogP contribution in [-0.2, 0) is 0 Å². The maximum Gasteiger partial charge on any atom is 0.151 e. The van der Waals surface area contributed by atoms with Crippen molar-refractivity contribution in [1.29, 1.82) is 0 Å². The molecular formula is C14H10BrFN2. The van der Waals surface area contributed by atoms with E-state index in [9.17, 15) is 4.39 Å². The molecule has 0 bridgehead atoms. The molecule has 0 saturated heterocycles. The summed E-state index contributed by atoms with van der Waals surface area (Å²) in [6.45, 7) is 1.75. The number of benzene rings is 1. The topological polar surface area (TPSA) is 17.3 Å². The Morgan fingerprint density at radius 1 is 1.28 bits per heavy atom. The van der Waals surface area contributed by atoms with Crippen molar-refractivity contribution >= 4 is 21.6 Å². The van der Waals surface area contributed by atoms with E-state index in [4.69, 9.17) is 0 Å². The van der Waals surface area contributed by atoms with Crippen LogP contribution < -0.4 is 0 Å². The number of hydrogen-bond acceptors (Lipinski definition) is 1. The van der Waals surface area contributed by atoms with Crippen LogP contribution in [0.3, 0.4) is 0 Å². The summed E-state index contributed by atoms with van der Waals surface area (Å²) in [5.41, 5.74) is 3.02. The van der Waals surface area contributed by atoms with Crippen LogP contribution in [0.15, 0.2) is 47.2 Å². The number of pyridine rings is 1. The molecule has 0 saturated carbocycles. The molecule has 3 aromatic rings. The Morgan fingerprint density at radius 2 is 2.11 bits per heavy atom. The van der Waals surface area contributed by atoms with E-state index in [2.05, 4.69) is 20.9 Å². The molecule has 2 nitrogen and oxygen atoms in total. The highest BCUT2D eigenvalue weighted by Gasteiger charge is 2.08. The molecule has 2 aromatic heterocycles. The smallest absolute Gasteiger partial charge is 0.151 e. The predicted octanol–water partition coefficient (Wildman–Crippen LogP) is 4.21. The fourth-order valence-corrected chi connectivity index (χ4v) is 2.32. The number of imidazole rings is 1. The van der Waals surface area contributed by atoms with E-state index in [0.717, 1.165) is 21.4 Å². The minimum atomic E-state index is -0.205. The highest BCUT2D eigenvalue weighted by Crippen LogP contribution is 2.24. The lowest BCUT2D eigenvalue weighted by molar-refractivity contribution is 0.619. The van der Waals surface area contributed by atoms with E-state index in [1.165, 1.54) is 6.07 Å². The molecule has 0 N–H and O–H groups in total. The van der Waals surface area contributed by atoms with E-state index in [0.29, 0.717) is 5.56 Å². The van der Waals surface area contributed by atoms with E-state index in [-0.39, 0.29) is 5.82 Å². The molecule has 3 rings (SSSR count). The Balaban J connectivity index is 2.19. The largest absolute Gasteiger partial charge is 0.306 e. The fourth-order valence-electron chi connectivity index (χ4n) is 1.87. The maximum absolute atomic E-state index is 13.6. The van der Waals surface area contributed by atoms with E-state index in [1.807, 2.05) is 35.0 Å². The van der Waals surface area contributed by atoms with Gasteiger partial charge in [0.1, 0.15) is 5.82 Å². The Kier molecular flexibility index (Phi) is 2.67. The Labute approximate surface area is 112 Å². The molecule has 0 atom stereocenters. The van der Waals surface area contributed by atoms with Crippen LogP contribution >= 0.6 is 15.9 Å². The highest BCUT2D eigenvalue weighted by molar-refractivity contribution is 9.10. The van der Waals surface area contributed by atoms with E-state index >= 15 is 0 Å². The summed E-state index contributed by atoms with van der Waals surface area (Å²) in [7, 11) is 0. The Morgan fingerprint density at radius 3 is 2.83 bits per heavy atom. The zero-order valence-electron chi connectivity index (χ0n) is 9.69. The van der Waals surface area contributed by atoms with E-state index < -0.39 is 0 Å². The summed E-state index contributed by atoms with van der Waals surface area (Å²) in [5, 5.41) is 0. The number of nitrogens with zero attached hydrogens (tertiary/aromatic N) is 2. The number of hydrogen-bond donors (Lipinski definition) is 0. The van der Waals surface area contributed by atoms with Crippen molar-refractivity contribution in [3.05, 3.63) is 58.6 Å². The zero-order valence-corrected chi connectivity index (χ0v) is 11.3. The van der Waals surface area contributed by atoms with Crippen molar-refractivity contribution in [2.24, 2.45) is 0 Å². The average Bonchev–Trinajstić information content (AvgIpc) is 2.78. The van der Waals surface area contributed by atoms with Crippen LogP contribution in [0.1, 0.15) is 5.56 Å². The Bertz CT molecular complexity index is 734. The van der Waals surface area contributed by atoms with E-state index in [1.54, 1.807) is 13.0 Å². The lowest BCUT2D eigenvalue weighted by atomic mass is 10.1. The third-order valence-electron chi connectivity index (χ3n) is 2.90. The first-order valence-corrected chi connectivity index (χ1v) is 6.34. The molecule has 0 spiro atoms. The minimum Gasteiger partial charge on any atom is -0.306 e. The van der Waals surface area contributed by atoms with Gasteiger partial charge in [0.2, 0.25) is 0 Å². The second kappa shape index (κ2) is 4.21. The van der Waals surface area contributed by atoms with Gasteiger partial charge in [0, 0.05) is 18.0 Å². The number of halogens is 2. The van der Waals surface area contributed by atoms with Crippen LogP contribution in [0.4, 0.5) is 4.39 Å². The van der Waals surface area contributed by atoms with Gasteiger partial charge in [-0.1, -0.05) is 12.1 Å². The van der Waals surface area contributed by atoms with Gasteiger partial charge in [0.05, 0.1) is 10.2 Å². The first kappa shape index (κ1) is 11.4. The summed E-state index contributed by atoms with van der Waals surface area (Å²) >= 11 is 3.45. The summed E-state index contributed by atoms with van der Waals surface area (Å²) < 4.78 is 16.4. The van der Waals surface area contributed by atoms with Gasteiger partial charge in [-0.05, 0) is 46.6 Å². The first-order valence-electron chi connectivity index (χ1n) is 5.55. The molecule has 0 amide bonds. The van der Waals surface area contributed by atoms with Gasteiger partial charge >= 0.3 is 0 Å². The standard InChI is InChI=1S/C14H10BrFN2/c1-9-4-5-10(7-12(9)16)13-8-18-6-2-3-11(15)14(18)17-13/h2-8H,1H3. The van der Waals surface area contributed by atoms with Crippen LogP contribution in [0.5, 0.6) is 0 Å². The van der Waals surface area contributed by atoms with Crippen molar-refractivity contribution < 1.29 is 4.39 Å². The predicted molar refractivity (Wildman–Crippen MR) is 73.0 cm³/mol. The molecular weight excluding hydrogens is 295 g/mol. The van der Waals surface area contributed by atoms with Crippen molar-refractivity contribution in [2.75, 3.05) is 0 Å². The van der Waals surface area contributed by atoms with Crippen molar-refractivity contribution in [2.45, 2.75) is 6.92 Å². The SMILES string of the molecule is Cc1ccc(-c2cn3cccc(Br)c3n2)cc1F. The summed E-state index contributed by atoms with van der Waals surface area (Å²) in [6, 6.07) is 9.03. The molecule has 0 unspecified atom stereocenters. The first-order chi connectivity index (χ1) is 8.65. The average molecular weight is 305 g/mol. The number of aromatic nitrogens is 2. The fraction of sp³-hybridized carbons (Fsp3) is 0.0714.